The Labute approximate surface area is 235 Å². The zero-order valence-electron chi connectivity index (χ0n) is 23.8. The lowest BCUT2D eigenvalue weighted by Gasteiger charge is -2.24. The van der Waals surface area contributed by atoms with Gasteiger partial charge >= 0.3 is 0 Å². The van der Waals surface area contributed by atoms with Crippen LogP contribution in [-0.4, -0.2) is 36.2 Å². The van der Waals surface area contributed by atoms with E-state index in [1.165, 1.54) is 23.8 Å². The van der Waals surface area contributed by atoms with Crippen LogP contribution in [0.15, 0.2) is 60.9 Å². The summed E-state index contributed by atoms with van der Waals surface area (Å²) in [5.74, 6) is 1.52. The number of amides is 1. The van der Waals surface area contributed by atoms with Gasteiger partial charge in [0.25, 0.3) is 0 Å². The molecule has 1 amide bonds. The maximum absolute atomic E-state index is 13.2. The van der Waals surface area contributed by atoms with Crippen LogP contribution in [0.4, 0.5) is 0 Å². The molecule has 0 spiro atoms. The summed E-state index contributed by atoms with van der Waals surface area (Å²) in [5.41, 5.74) is 9.80. The zero-order chi connectivity index (χ0) is 28.1. The molecule has 210 valence electrons. The fourth-order valence-corrected chi connectivity index (χ4v) is 5.39. The molecule has 2 aromatic carbocycles. The number of nitrogens with one attached hydrogen (secondary N) is 3. The van der Waals surface area contributed by atoms with E-state index < -0.39 is 5.54 Å². The highest BCUT2D eigenvalue weighted by molar-refractivity contribution is 5.86. The molecule has 0 saturated carbocycles. The van der Waals surface area contributed by atoms with E-state index in [0.29, 0.717) is 6.42 Å². The van der Waals surface area contributed by atoms with Crippen LogP contribution in [0.1, 0.15) is 75.3 Å². The monoisotopic (exact) mass is 539 g/mol. The number of unbranched alkanes of at least 4 members (excludes halogenated alkanes) is 3. The third-order valence-electron chi connectivity index (χ3n) is 7.69. The standard InChI is InChI=1S/C32H41N7O/c1-4-5-6-11-18-39-29(17-16-22-20-34-26-14-9-7-12-24(22)26)37-38-30(39)28(36-31(40)32(2,3)33)19-23-21-35-27-15-10-8-13-25(23)27/h7-10,12-15,20-21,28,34-35H,4-6,11,16-19,33H2,1-3H3,(H,36,40). The Balaban J connectivity index is 1.47. The second kappa shape index (κ2) is 12.1. The number of carbonyl (C=O) groups excluding carboxylic acids is 1. The molecule has 5 rings (SSSR count). The first kappa shape index (κ1) is 27.6. The fraction of sp³-hybridized carbons (Fsp3) is 0.406. The second-order valence-corrected chi connectivity index (χ2v) is 11.4. The maximum atomic E-state index is 13.2. The number of hydrogen-bond donors (Lipinski definition) is 4. The van der Waals surface area contributed by atoms with Gasteiger partial charge in [-0.3, -0.25) is 4.79 Å². The molecular weight excluding hydrogens is 498 g/mol. The van der Waals surface area contributed by atoms with Gasteiger partial charge in [-0.05, 0) is 49.9 Å². The highest BCUT2D eigenvalue weighted by Crippen LogP contribution is 2.26. The molecule has 0 fully saturated rings. The summed E-state index contributed by atoms with van der Waals surface area (Å²) >= 11 is 0. The van der Waals surface area contributed by atoms with Crippen molar-refractivity contribution in [3.05, 3.63) is 83.7 Å². The molecule has 3 heterocycles. The second-order valence-electron chi connectivity index (χ2n) is 11.4. The quantitative estimate of drug-likeness (QED) is 0.143. The number of benzene rings is 2. The van der Waals surface area contributed by atoms with E-state index in [4.69, 9.17) is 10.8 Å². The minimum atomic E-state index is -1.01. The van der Waals surface area contributed by atoms with Gasteiger partial charge in [0.15, 0.2) is 5.82 Å². The number of para-hydroxylation sites is 2. The lowest BCUT2D eigenvalue weighted by molar-refractivity contribution is -0.126. The number of carbonyl (C=O) groups is 1. The van der Waals surface area contributed by atoms with Crippen molar-refractivity contribution < 1.29 is 4.79 Å². The van der Waals surface area contributed by atoms with Crippen LogP contribution in [0, 0.1) is 0 Å². The molecule has 1 atom stereocenters. The average Bonchev–Trinajstić information content (AvgIpc) is 3.66. The van der Waals surface area contributed by atoms with E-state index in [-0.39, 0.29) is 11.9 Å². The van der Waals surface area contributed by atoms with E-state index in [2.05, 4.69) is 68.4 Å². The Bertz CT molecular complexity index is 1570. The van der Waals surface area contributed by atoms with Crippen molar-refractivity contribution in [1.82, 2.24) is 30.0 Å². The molecule has 0 bridgehead atoms. The first-order valence-corrected chi connectivity index (χ1v) is 14.5. The first-order valence-electron chi connectivity index (χ1n) is 14.5. The highest BCUT2D eigenvalue weighted by atomic mass is 16.2. The molecule has 40 heavy (non-hydrogen) atoms. The summed E-state index contributed by atoms with van der Waals surface area (Å²) in [6, 6.07) is 16.2. The Morgan fingerprint density at radius 3 is 2.25 bits per heavy atom. The number of fused-ring (bicyclic) bond motifs is 2. The van der Waals surface area contributed by atoms with Crippen LogP contribution in [-0.2, 0) is 30.6 Å². The number of aromatic nitrogens is 5. The average molecular weight is 540 g/mol. The van der Waals surface area contributed by atoms with Crippen molar-refractivity contribution in [2.75, 3.05) is 0 Å². The topological polar surface area (TPSA) is 117 Å². The number of aromatic amines is 2. The smallest absolute Gasteiger partial charge is 0.240 e. The van der Waals surface area contributed by atoms with E-state index in [9.17, 15) is 4.79 Å². The van der Waals surface area contributed by atoms with E-state index in [1.54, 1.807) is 13.8 Å². The number of nitrogens with zero attached hydrogens (tertiary/aromatic N) is 3. The summed E-state index contributed by atoms with van der Waals surface area (Å²) in [6.45, 7) is 6.50. The summed E-state index contributed by atoms with van der Waals surface area (Å²) in [5, 5.41) is 15.0. The molecule has 0 radical (unpaired) electrons. The van der Waals surface area contributed by atoms with Crippen molar-refractivity contribution >= 4 is 27.7 Å². The molecule has 0 saturated heterocycles. The first-order chi connectivity index (χ1) is 19.3. The molecule has 1 unspecified atom stereocenters. The van der Waals surface area contributed by atoms with E-state index >= 15 is 0 Å². The molecule has 3 aromatic heterocycles. The molecule has 0 aliphatic rings. The Morgan fingerprint density at radius 1 is 0.925 bits per heavy atom. The van der Waals surface area contributed by atoms with Crippen LogP contribution >= 0.6 is 0 Å². The van der Waals surface area contributed by atoms with E-state index in [1.807, 2.05) is 24.4 Å². The predicted octanol–water partition coefficient (Wildman–Crippen LogP) is 5.74. The minimum absolute atomic E-state index is 0.210. The largest absolute Gasteiger partial charge is 0.361 e. The number of rotatable bonds is 13. The fourth-order valence-electron chi connectivity index (χ4n) is 5.39. The number of aryl methyl sites for hydroxylation is 2. The zero-order valence-corrected chi connectivity index (χ0v) is 23.8. The van der Waals surface area contributed by atoms with Gasteiger partial charge < -0.3 is 25.6 Å². The molecule has 5 N–H and O–H groups in total. The summed E-state index contributed by atoms with van der Waals surface area (Å²) in [4.78, 5) is 19.9. The van der Waals surface area contributed by atoms with Gasteiger partial charge in [-0.15, -0.1) is 10.2 Å². The van der Waals surface area contributed by atoms with Gasteiger partial charge in [0, 0.05) is 53.6 Å². The molecule has 0 aliphatic heterocycles. The highest BCUT2D eigenvalue weighted by Gasteiger charge is 2.29. The van der Waals surface area contributed by atoms with Gasteiger partial charge in [0.2, 0.25) is 5.91 Å². The van der Waals surface area contributed by atoms with Gasteiger partial charge in [0.1, 0.15) is 5.82 Å². The van der Waals surface area contributed by atoms with Gasteiger partial charge in [-0.1, -0.05) is 62.6 Å². The SMILES string of the molecule is CCCCCCn1c(CCc2c[nH]c3ccccc23)nnc1C(Cc1c[nH]c2ccccc12)NC(=O)C(C)(C)N. The molecule has 8 nitrogen and oxygen atoms in total. The van der Waals surface area contributed by atoms with Crippen molar-refractivity contribution in [3.63, 3.8) is 0 Å². The van der Waals surface area contributed by atoms with Crippen molar-refractivity contribution in [2.45, 2.75) is 83.8 Å². The Kier molecular flexibility index (Phi) is 8.35. The van der Waals surface area contributed by atoms with Gasteiger partial charge in [-0.25, -0.2) is 0 Å². The molecular formula is C32H41N7O. The number of nitrogens with two attached hydrogens (primary N) is 1. The van der Waals surface area contributed by atoms with Crippen LogP contribution in [0.5, 0.6) is 0 Å². The predicted molar refractivity (Wildman–Crippen MR) is 161 cm³/mol. The molecule has 0 aliphatic carbocycles. The summed E-state index contributed by atoms with van der Waals surface area (Å²) < 4.78 is 2.24. The molecule has 8 heteroatoms. The van der Waals surface area contributed by atoms with Crippen LogP contribution in [0.2, 0.25) is 0 Å². The Morgan fingerprint density at radius 2 is 1.57 bits per heavy atom. The van der Waals surface area contributed by atoms with Crippen LogP contribution in [0.25, 0.3) is 21.8 Å². The third-order valence-corrected chi connectivity index (χ3v) is 7.69. The maximum Gasteiger partial charge on any atom is 0.240 e. The van der Waals surface area contributed by atoms with Crippen molar-refractivity contribution in [1.29, 1.82) is 0 Å². The number of H-pyrrole nitrogens is 2. The van der Waals surface area contributed by atoms with Crippen LogP contribution in [0.3, 0.4) is 0 Å². The van der Waals surface area contributed by atoms with Crippen molar-refractivity contribution in [3.8, 4) is 0 Å². The lowest BCUT2D eigenvalue weighted by atomic mass is 10.0. The molecule has 5 aromatic rings. The minimum Gasteiger partial charge on any atom is -0.361 e. The van der Waals surface area contributed by atoms with E-state index in [0.717, 1.165) is 65.9 Å². The van der Waals surface area contributed by atoms with Crippen molar-refractivity contribution in [2.24, 2.45) is 5.73 Å². The third kappa shape index (κ3) is 6.12. The normalized spacial score (nSPS) is 12.8. The van der Waals surface area contributed by atoms with Crippen LogP contribution < -0.4 is 11.1 Å². The van der Waals surface area contributed by atoms with Gasteiger partial charge in [0.05, 0.1) is 11.6 Å². The summed E-state index contributed by atoms with van der Waals surface area (Å²) in [6.07, 6.45) is 10.9. The lowest BCUT2D eigenvalue weighted by Crippen LogP contribution is -2.50. The van der Waals surface area contributed by atoms with Gasteiger partial charge in [-0.2, -0.15) is 0 Å². The number of hydrogen-bond acceptors (Lipinski definition) is 4. The Hall–Kier alpha value is -3.91. The summed E-state index contributed by atoms with van der Waals surface area (Å²) in [7, 11) is 0.